The van der Waals surface area contributed by atoms with E-state index in [1.54, 1.807) is 12.1 Å². The van der Waals surface area contributed by atoms with Crippen LogP contribution in [0.2, 0.25) is 10.0 Å². The van der Waals surface area contributed by atoms with Gasteiger partial charge >= 0.3 is 0 Å². The minimum Gasteiger partial charge on any atom is -0.354 e. The molecule has 6 nitrogen and oxygen atoms in total. The summed E-state index contributed by atoms with van der Waals surface area (Å²) in [6.07, 6.45) is 5.94. The van der Waals surface area contributed by atoms with E-state index in [2.05, 4.69) is 10.6 Å². The van der Waals surface area contributed by atoms with Crippen LogP contribution in [0.5, 0.6) is 0 Å². The van der Waals surface area contributed by atoms with E-state index < -0.39 is 6.04 Å². The molecule has 8 heteroatoms. The lowest BCUT2D eigenvalue weighted by atomic mass is 10.1. The van der Waals surface area contributed by atoms with E-state index in [-0.39, 0.29) is 36.7 Å². The van der Waals surface area contributed by atoms with Crippen LogP contribution in [0.4, 0.5) is 0 Å². The predicted molar refractivity (Wildman–Crippen MR) is 109 cm³/mol. The molecule has 0 radical (unpaired) electrons. The van der Waals surface area contributed by atoms with E-state index in [0.717, 1.165) is 32.1 Å². The number of halogens is 2. The Balaban J connectivity index is 1.52. The third-order valence-electron chi connectivity index (χ3n) is 5.35. The molecule has 2 aliphatic rings. The Morgan fingerprint density at radius 3 is 2.57 bits per heavy atom. The first kappa shape index (κ1) is 20.9. The van der Waals surface area contributed by atoms with Crippen LogP contribution in [0.25, 0.3) is 0 Å². The number of benzene rings is 1. The van der Waals surface area contributed by atoms with Crippen molar-refractivity contribution in [3.63, 3.8) is 0 Å². The number of hydrogen-bond acceptors (Lipinski definition) is 3. The highest BCUT2D eigenvalue weighted by atomic mass is 35.5. The highest BCUT2D eigenvalue weighted by Gasteiger charge is 2.35. The number of likely N-dealkylation sites (tertiary alicyclic amines) is 1. The van der Waals surface area contributed by atoms with E-state index in [4.69, 9.17) is 23.2 Å². The van der Waals surface area contributed by atoms with Crippen LogP contribution >= 0.6 is 23.2 Å². The van der Waals surface area contributed by atoms with E-state index >= 15 is 0 Å². The summed E-state index contributed by atoms with van der Waals surface area (Å²) in [5, 5.41) is 6.52. The molecule has 1 aliphatic carbocycles. The van der Waals surface area contributed by atoms with E-state index in [1.807, 2.05) is 0 Å². The highest BCUT2D eigenvalue weighted by Crippen LogP contribution is 2.26. The van der Waals surface area contributed by atoms with Crippen LogP contribution in [0.15, 0.2) is 18.2 Å². The lowest BCUT2D eigenvalue weighted by Gasteiger charge is -2.24. The number of hydrogen-bond donors (Lipinski definition) is 2. The van der Waals surface area contributed by atoms with Gasteiger partial charge < -0.3 is 15.5 Å². The quantitative estimate of drug-likeness (QED) is 0.734. The standard InChI is InChI=1S/C20H25Cl2N3O3/c21-13-7-8-16(22)15(12-13)20(28)25-11-3-6-17(25)19(27)23-10-9-18(26)24-14-4-1-2-5-14/h7-8,12,14,17H,1-6,9-11H2,(H,23,27)(H,24,26). The molecule has 152 valence electrons. The monoisotopic (exact) mass is 425 g/mol. The molecule has 1 saturated carbocycles. The van der Waals surface area contributed by atoms with Gasteiger partial charge in [0.1, 0.15) is 6.04 Å². The lowest BCUT2D eigenvalue weighted by Crippen LogP contribution is -2.46. The Kier molecular flexibility index (Phi) is 7.18. The van der Waals surface area contributed by atoms with Crippen LogP contribution in [0.3, 0.4) is 0 Å². The van der Waals surface area contributed by atoms with Crippen LogP contribution in [-0.4, -0.2) is 47.8 Å². The minimum atomic E-state index is -0.555. The topological polar surface area (TPSA) is 78.5 Å². The number of amides is 3. The fourth-order valence-corrected chi connectivity index (χ4v) is 4.26. The van der Waals surface area contributed by atoms with Gasteiger partial charge in [-0.3, -0.25) is 14.4 Å². The molecule has 1 aromatic rings. The zero-order valence-electron chi connectivity index (χ0n) is 15.7. The van der Waals surface area contributed by atoms with Crippen LogP contribution in [0, 0.1) is 0 Å². The van der Waals surface area contributed by atoms with Gasteiger partial charge in [-0.05, 0) is 43.9 Å². The van der Waals surface area contributed by atoms with Crippen molar-refractivity contribution < 1.29 is 14.4 Å². The zero-order chi connectivity index (χ0) is 20.1. The summed E-state index contributed by atoms with van der Waals surface area (Å²) in [5.41, 5.74) is 0.296. The molecule has 1 unspecified atom stereocenters. The van der Waals surface area contributed by atoms with Gasteiger partial charge in [0.25, 0.3) is 5.91 Å². The maximum Gasteiger partial charge on any atom is 0.256 e. The Morgan fingerprint density at radius 1 is 1.07 bits per heavy atom. The van der Waals surface area contributed by atoms with Crippen molar-refractivity contribution in [2.75, 3.05) is 13.1 Å². The van der Waals surface area contributed by atoms with Gasteiger partial charge in [0, 0.05) is 30.6 Å². The fourth-order valence-electron chi connectivity index (χ4n) is 3.89. The Bertz CT molecular complexity index is 750. The summed E-state index contributed by atoms with van der Waals surface area (Å²) in [6, 6.07) is 4.43. The third-order valence-corrected chi connectivity index (χ3v) is 5.91. The van der Waals surface area contributed by atoms with Gasteiger partial charge in [0.05, 0.1) is 10.6 Å². The lowest BCUT2D eigenvalue weighted by molar-refractivity contribution is -0.125. The second-order valence-corrected chi connectivity index (χ2v) is 8.21. The summed E-state index contributed by atoms with van der Waals surface area (Å²) in [4.78, 5) is 38.9. The van der Waals surface area contributed by atoms with Gasteiger partial charge in [-0.15, -0.1) is 0 Å². The number of carbonyl (C=O) groups excluding carboxylic acids is 3. The van der Waals surface area contributed by atoms with Crippen molar-refractivity contribution >= 4 is 40.9 Å². The van der Waals surface area contributed by atoms with Gasteiger partial charge in [-0.25, -0.2) is 0 Å². The molecule has 1 heterocycles. The Morgan fingerprint density at radius 2 is 1.82 bits per heavy atom. The molecular formula is C20H25Cl2N3O3. The maximum absolute atomic E-state index is 12.8. The first-order valence-corrected chi connectivity index (χ1v) is 10.5. The van der Waals surface area contributed by atoms with Crippen molar-refractivity contribution in [3.8, 4) is 0 Å². The van der Waals surface area contributed by atoms with Crippen molar-refractivity contribution in [1.82, 2.24) is 15.5 Å². The van der Waals surface area contributed by atoms with Crippen molar-refractivity contribution in [2.24, 2.45) is 0 Å². The number of nitrogens with one attached hydrogen (secondary N) is 2. The molecule has 2 fully saturated rings. The molecule has 1 aromatic carbocycles. The van der Waals surface area contributed by atoms with Crippen LogP contribution in [0.1, 0.15) is 55.3 Å². The summed E-state index contributed by atoms with van der Waals surface area (Å²) in [5.74, 6) is -0.584. The highest BCUT2D eigenvalue weighted by molar-refractivity contribution is 6.35. The normalized spacial score (nSPS) is 19.6. The third kappa shape index (κ3) is 5.17. The molecule has 1 atom stereocenters. The van der Waals surface area contributed by atoms with Crippen LogP contribution in [-0.2, 0) is 9.59 Å². The summed E-state index contributed by atoms with van der Waals surface area (Å²) < 4.78 is 0. The van der Waals surface area contributed by atoms with Gasteiger partial charge in [-0.2, -0.15) is 0 Å². The Hall–Kier alpha value is -1.79. The molecule has 28 heavy (non-hydrogen) atoms. The summed E-state index contributed by atoms with van der Waals surface area (Å²) in [7, 11) is 0. The van der Waals surface area contributed by atoms with E-state index in [9.17, 15) is 14.4 Å². The number of carbonyl (C=O) groups is 3. The van der Waals surface area contributed by atoms with Gasteiger partial charge in [-0.1, -0.05) is 36.0 Å². The molecule has 3 amide bonds. The number of nitrogens with zero attached hydrogens (tertiary/aromatic N) is 1. The maximum atomic E-state index is 12.8. The minimum absolute atomic E-state index is 0.0442. The van der Waals surface area contributed by atoms with Gasteiger partial charge in [0.15, 0.2) is 0 Å². The molecule has 1 aliphatic heterocycles. The molecule has 0 spiro atoms. The Labute approximate surface area is 174 Å². The van der Waals surface area contributed by atoms with Crippen LogP contribution < -0.4 is 10.6 Å². The molecular weight excluding hydrogens is 401 g/mol. The largest absolute Gasteiger partial charge is 0.354 e. The first-order chi connectivity index (χ1) is 13.5. The van der Waals surface area contributed by atoms with Gasteiger partial charge in [0.2, 0.25) is 11.8 Å². The smallest absolute Gasteiger partial charge is 0.256 e. The molecule has 3 rings (SSSR count). The fraction of sp³-hybridized carbons (Fsp3) is 0.550. The first-order valence-electron chi connectivity index (χ1n) is 9.79. The van der Waals surface area contributed by atoms with E-state index in [0.29, 0.717) is 28.6 Å². The SMILES string of the molecule is O=C(CCNC(=O)C1CCCN1C(=O)c1cc(Cl)ccc1Cl)NC1CCCC1. The second-order valence-electron chi connectivity index (χ2n) is 7.37. The average Bonchev–Trinajstić information content (AvgIpc) is 3.34. The average molecular weight is 426 g/mol. The molecule has 1 saturated heterocycles. The molecule has 0 aromatic heterocycles. The molecule has 2 N–H and O–H groups in total. The summed E-state index contributed by atoms with van der Waals surface area (Å²) >= 11 is 12.1. The zero-order valence-corrected chi connectivity index (χ0v) is 17.2. The van der Waals surface area contributed by atoms with E-state index in [1.165, 1.54) is 11.0 Å². The van der Waals surface area contributed by atoms with Crippen molar-refractivity contribution in [3.05, 3.63) is 33.8 Å². The second kappa shape index (κ2) is 9.61. The predicted octanol–water partition coefficient (Wildman–Crippen LogP) is 3.16. The molecule has 0 bridgehead atoms. The van der Waals surface area contributed by atoms with Crippen molar-refractivity contribution in [1.29, 1.82) is 0 Å². The number of rotatable bonds is 6. The summed E-state index contributed by atoms with van der Waals surface area (Å²) in [6.45, 7) is 0.746. The van der Waals surface area contributed by atoms with Crippen molar-refractivity contribution in [2.45, 2.75) is 57.0 Å².